The standard InChI is InChI=1S/C25H23F3N2O3/c1-15(2)23(30-24(31)22-20(27)10-5-11-21(22)28)25(32)29-18-8-3-6-16(12-18)14-33-19-9-4-7-17(26)13-19/h3-13,15,23H,14H2,1-2H3,(H,29,32)(H,30,31)/t23-/m0/s1. The van der Waals surface area contributed by atoms with Crippen LogP contribution in [0.25, 0.3) is 0 Å². The van der Waals surface area contributed by atoms with Crippen molar-refractivity contribution < 1.29 is 27.5 Å². The average molecular weight is 456 g/mol. The fourth-order valence-electron chi connectivity index (χ4n) is 3.15. The van der Waals surface area contributed by atoms with Gasteiger partial charge in [-0.2, -0.15) is 0 Å². The molecule has 0 heterocycles. The summed E-state index contributed by atoms with van der Waals surface area (Å²) in [5, 5.41) is 5.11. The third-order valence-electron chi connectivity index (χ3n) is 4.82. The summed E-state index contributed by atoms with van der Waals surface area (Å²) in [6, 6.07) is 14.6. The summed E-state index contributed by atoms with van der Waals surface area (Å²) in [7, 11) is 0. The van der Waals surface area contributed by atoms with Crippen molar-refractivity contribution in [1.29, 1.82) is 0 Å². The minimum absolute atomic E-state index is 0.143. The number of hydrogen-bond donors (Lipinski definition) is 2. The summed E-state index contributed by atoms with van der Waals surface area (Å²) in [5.41, 5.74) is 0.417. The number of carbonyl (C=O) groups is 2. The smallest absolute Gasteiger partial charge is 0.257 e. The fourth-order valence-corrected chi connectivity index (χ4v) is 3.15. The first-order valence-electron chi connectivity index (χ1n) is 10.3. The normalized spacial score (nSPS) is 11.7. The lowest BCUT2D eigenvalue weighted by molar-refractivity contribution is -0.118. The molecule has 0 aliphatic heterocycles. The molecule has 8 heteroatoms. The molecule has 0 spiro atoms. The number of halogens is 3. The highest BCUT2D eigenvalue weighted by atomic mass is 19.1. The highest BCUT2D eigenvalue weighted by Gasteiger charge is 2.27. The number of benzene rings is 3. The van der Waals surface area contributed by atoms with Gasteiger partial charge >= 0.3 is 0 Å². The first-order chi connectivity index (χ1) is 15.7. The summed E-state index contributed by atoms with van der Waals surface area (Å²) >= 11 is 0. The van der Waals surface area contributed by atoms with E-state index < -0.39 is 40.9 Å². The van der Waals surface area contributed by atoms with Gasteiger partial charge in [0.05, 0.1) is 0 Å². The largest absolute Gasteiger partial charge is 0.489 e. The number of rotatable bonds is 8. The molecular formula is C25H23F3N2O3. The predicted molar refractivity (Wildman–Crippen MR) is 118 cm³/mol. The lowest BCUT2D eigenvalue weighted by Gasteiger charge is -2.22. The van der Waals surface area contributed by atoms with E-state index >= 15 is 0 Å². The zero-order chi connectivity index (χ0) is 24.0. The van der Waals surface area contributed by atoms with Crippen molar-refractivity contribution in [1.82, 2.24) is 5.32 Å². The molecular weight excluding hydrogens is 433 g/mol. The molecule has 0 aliphatic rings. The first kappa shape index (κ1) is 23.8. The van der Waals surface area contributed by atoms with Gasteiger partial charge in [0.1, 0.15) is 41.4 Å². The van der Waals surface area contributed by atoms with E-state index in [2.05, 4.69) is 10.6 Å². The molecule has 2 N–H and O–H groups in total. The second-order valence-corrected chi connectivity index (χ2v) is 7.73. The molecule has 0 saturated carbocycles. The maximum atomic E-state index is 13.9. The lowest BCUT2D eigenvalue weighted by atomic mass is 10.0. The van der Waals surface area contributed by atoms with Gasteiger partial charge in [-0.05, 0) is 47.9 Å². The van der Waals surface area contributed by atoms with Crippen LogP contribution in [0, 0.1) is 23.4 Å². The molecule has 0 aliphatic carbocycles. The molecule has 2 amide bonds. The van der Waals surface area contributed by atoms with Gasteiger partial charge in [0, 0.05) is 11.8 Å². The van der Waals surface area contributed by atoms with E-state index in [1.54, 1.807) is 44.2 Å². The maximum Gasteiger partial charge on any atom is 0.257 e. The molecule has 3 rings (SSSR count). The van der Waals surface area contributed by atoms with Crippen LogP contribution in [0.2, 0.25) is 0 Å². The second kappa shape index (κ2) is 10.7. The molecule has 3 aromatic rings. The summed E-state index contributed by atoms with van der Waals surface area (Å²) in [4.78, 5) is 25.3. The topological polar surface area (TPSA) is 67.4 Å². The minimum atomic E-state index is -1.04. The van der Waals surface area contributed by atoms with Crippen LogP contribution in [-0.4, -0.2) is 17.9 Å². The second-order valence-electron chi connectivity index (χ2n) is 7.73. The molecule has 0 fully saturated rings. The molecule has 1 atom stereocenters. The van der Waals surface area contributed by atoms with Crippen LogP contribution in [0.4, 0.5) is 18.9 Å². The maximum absolute atomic E-state index is 13.9. The zero-order valence-electron chi connectivity index (χ0n) is 18.1. The van der Waals surface area contributed by atoms with Crippen molar-refractivity contribution in [3.05, 3.63) is 95.3 Å². The van der Waals surface area contributed by atoms with Gasteiger partial charge in [-0.1, -0.05) is 38.1 Å². The van der Waals surface area contributed by atoms with Crippen LogP contribution >= 0.6 is 0 Å². The molecule has 172 valence electrons. The summed E-state index contributed by atoms with van der Waals surface area (Å²) in [6.07, 6.45) is 0. The molecule has 0 bridgehead atoms. The third-order valence-corrected chi connectivity index (χ3v) is 4.82. The molecule has 0 radical (unpaired) electrons. The Kier molecular flexibility index (Phi) is 7.71. The van der Waals surface area contributed by atoms with Gasteiger partial charge in [0.2, 0.25) is 5.91 Å². The Morgan fingerprint density at radius 1 is 0.909 bits per heavy atom. The van der Waals surface area contributed by atoms with Gasteiger partial charge < -0.3 is 15.4 Å². The molecule has 0 saturated heterocycles. The zero-order valence-corrected chi connectivity index (χ0v) is 18.1. The minimum Gasteiger partial charge on any atom is -0.489 e. The molecule has 33 heavy (non-hydrogen) atoms. The van der Waals surface area contributed by atoms with Gasteiger partial charge in [0.15, 0.2) is 0 Å². The van der Waals surface area contributed by atoms with Crippen molar-refractivity contribution >= 4 is 17.5 Å². The Bertz CT molecular complexity index is 1130. The number of ether oxygens (including phenoxy) is 1. The highest BCUT2D eigenvalue weighted by Crippen LogP contribution is 2.18. The number of hydrogen-bond acceptors (Lipinski definition) is 3. The fraction of sp³-hybridized carbons (Fsp3) is 0.200. The van der Waals surface area contributed by atoms with Gasteiger partial charge in [0.25, 0.3) is 5.91 Å². The Morgan fingerprint density at radius 3 is 2.24 bits per heavy atom. The van der Waals surface area contributed by atoms with E-state index in [0.717, 1.165) is 23.8 Å². The van der Waals surface area contributed by atoms with E-state index in [1.807, 2.05) is 0 Å². The van der Waals surface area contributed by atoms with E-state index in [0.29, 0.717) is 11.4 Å². The average Bonchev–Trinajstić information content (AvgIpc) is 2.76. The van der Waals surface area contributed by atoms with Gasteiger partial charge in [-0.15, -0.1) is 0 Å². The predicted octanol–water partition coefficient (Wildman–Crippen LogP) is 5.08. The van der Waals surface area contributed by atoms with E-state index in [-0.39, 0.29) is 12.5 Å². The van der Waals surface area contributed by atoms with E-state index in [4.69, 9.17) is 4.74 Å². The van der Waals surface area contributed by atoms with Gasteiger partial charge in [-0.25, -0.2) is 13.2 Å². The Morgan fingerprint density at radius 2 is 1.58 bits per heavy atom. The number of anilines is 1. The molecule has 0 aromatic heterocycles. The number of carbonyl (C=O) groups excluding carboxylic acids is 2. The van der Waals surface area contributed by atoms with Crippen molar-refractivity contribution in [2.45, 2.75) is 26.5 Å². The number of nitrogens with one attached hydrogen (secondary N) is 2. The monoisotopic (exact) mass is 456 g/mol. The van der Waals surface area contributed by atoms with Crippen molar-refractivity contribution in [3.8, 4) is 5.75 Å². The Hall–Kier alpha value is -3.81. The van der Waals surface area contributed by atoms with E-state index in [9.17, 15) is 22.8 Å². The summed E-state index contributed by atoms with van der Waals surface area (Å²) in [5.74, 6) is -3.99. The van der Waals surface area contributed by atoms with Gasteiger partial charge in [-0.3, -0.25) is 9.59 Å². The van der Waals surface area contributed by atoms with Crippen LogP contribution in [0.15, 0.2) is 66.7 Å². The van der Waals surface area contributed by atoms with Crippen LogP contribution in [0.5, 0.6) is 5.75 Å². The molecule has 3 aromatic carbocycles. The quantitative estimate of drug-likeness (QED) is 0.497. The van der Waals surface area contributed by atoms with Crippen molar-refractivity contribution in [2.24, 2.45) is 5.92 Å². The number of amides is 2. The highest BCUT2D eigenvalue weighted by molar-refractivity contribution is 6.01. The van der Waals surface area contributed by atoms with Crippen LogP contribution < -0.4 is 15.4 Å². The molecule has 5 nitrogen and oxygen atoms in total. The van der Waals surface area contributed by atoms with E-state index in [1.165, 1.54) is 18.2 Å². The summed E-state index contributed by atoms with van der Waals surface area (Å²) in [6.45, 7) is 3.54. The SMILES string of the molecule is CC(C)[C@H](NC(=O)c1c(F)cccc1F)C(=O)Nc1cccc(COc2cccc(F)c2)c1. The van der Waals surface area contributed by atoms with Crippen LogP contribution in [0.1, 0.15) is 29.8 Å². The Labute approximate surface area is 189 Å². The first-order valence-corrected chi connectivity index (χ1v) is 10.3. The lowest BCUT2D eigenvalue weighted by Crippen LogP contribution is -2.47. The van der Waals surface area contributed by atoms with Crippen molar-refractivity contribution in [3.63, 3.8) is 0 Å². The van der Waals surface area contributed by atoms with Crippen molar-refractivity contribution in [2.75, 3.05) is 5.32 Å². The molecule has 0 unspecified atom stereocenters. The third kappa shape index (κ3) is 6.35. The van der Waals surface area contributed by atoms with Crippen LogP contribution in [0.3, 0.4) is 0 Å². The Balaban J connectivity index is 1.67. The van der Waals surface area contributed by atoms with Crippen LogP contribution in [-0.2, 0) is 11.4 Å². The summed E-state index contributed by atoms with van der Waals surface area (Å²) < 4.78 is 46.7.